The van der Waals surface area contributed by atoms with E-state index in [1.165, 1.54) is 5.56 Å². The summed E-state index contributed by atoms with van der Waals surface area (Å²) in [6, 6.07) is 10.5. The second-order valence-corrected chi connectivity index (χ2v) is 4.93. The third-order valence-electron chi connectivity index (χ3n) is 3.55. The van der Waals surface area contributed by atoms with Gasteiger partial charge in [0.15, 0.2) is 0 Å². The molecule has 1 aliphatic heterocycles. The van der Waals surface area contributed by atoms with Crippen molar-refractivity contribution in [3.8, 4) is 0 Å². The second kappa shape index (κ2) is 7.26. The largest absolute Gasteiger partial charge is 0.372 e. The zero-order chi connectivity index (χ0) is 13.5. The summed E-state index contributed by atoms with van der Waals surface area (Å²) in [6.07, 6.45) is 0. The van der Waals surface area contributed by atoms with E-state index in [9.17, 15) is 4.79 Å². The Bertz CT molecular complexity index is 386. The minimum absolute atomic E-state index is 0.126. The van der Waals surface area contributed by atoms with Gasteiger partial charge in [-0.3, -0.25) is 4.79 Å². The molecule has 1 aliphatic rings. The fraction of sp³-hybridized carbons (Fsp3) is 0.533. The summed E-state index contributed by atoms with van der Waals surface area (Å²) < 4.78 is 5.17. The number of quaternary nitrogens is 1. The highest BCUT2D eigenvalue weighted by molar-refractivity contribution is 5.77. The first-order valence-corrected chi connectivity index (χ1v) is 7.02. The SMILES string of the molecule is CCOCC(=O)N1CC[NH+](Cc2ccccc2)CC1. The van der Waals surface area contributed by atoms with Crippen molar-refractivity contribution in [2.24, 2.45) is 0 Å². The third-order valence-corrected chi connectivity index (χ3v) is 3.55. The number of nitrogens with zero attached hydrogens (tertiary/aromatic N) is 1. The Morgan fingerprint density at radius 2 is 1.95 bits per heavy atom. The topological polar surface area (TPSA) is 34.0 Å². The van der Waals surface area contributed by atoms with Crippen molar-refractivity contribution in [3.63, 3.8) is 0 Å². The maximum atomic E-state index is 11.8. The van der Waals surface area contributed by atoms with Crippen LogP contribution < -0.4 is 4.90 Å². The number of benzene rings is 1. The lowest BCUT2D eigenvalue weighted by atomic mass is 10.2. The van der Waals surface area contributed by atoms with Crippen LogP contribution >= 0.6 is 0 Å². The van der Waals surface area contributed by atoms with Crippen LogP contribution in [0.3, 0.4) is 0 Å². The minimum atomic E-state index is 0.126. The van der Waals surface area contributed by atoms with Gasteiger partial charge in [0.2, 0.25) is 5.91 Å². The molecule has 104 valence electrons. The number of carbonyl (C=O) groups excluding carboxylic acids is 1. The van der Waals surface area contributed by atoms with Gasteiger partial charge in [-0.15, -0.1) is 0 Å². The molecule has 4 nitrogen and oxygen atoms in total. The lowest BCUT2D eigenvalue weighted by Gasteiger charge is -2.32. The molecular weight excluding hydrogens is 240 g/mol. The Morgan fingerprint density at radius 3 is 2.58 bits per heavy atom. The molecule has 0 spiro atoms. The summed E-state index contributed by atoms with van der Waals surface area (Å²) in [5.74, 6) is 0.126. The Balaban J connectivity index is 1.75. The highest BCUT2D eigenvalue weighted by atomic mass is 16.5. The standard InChI is InChI=1S/C15H22N2O2/c1-2-19-13-15(18)17-10-8-16(9-11-17)12-14-6-4-3-5-7-14/h3-7H,2,8-13H2,1H3/p+1. The molecule has 19 heavy (non-hydrogen) atoms. The summed E-state index contributed by atoms with van der Waals surface area (Å²) in [6.45, 7) is 7.51. The Labute approximate surface area is 115 Å². The molecule has 1 saturated heterocycles. The second-order valence-electron chi connectivity index (χ2n) is 4.93. The van der Waals surface area contributed by atoms with Crippen LogP contribution in [0.4, 0.5) is 0 Å². The van der Waals surface area contributed by atoms with Crippen molar-refractivity contribution >= 4 is 5.91 Å². The first-order valence-electron chi connectivity index (χ1n) is 7.02. The van der Waals surface area contributed by atoms with Gasteiger partial charge in [0.05, 0.1) is 26.2 Å². The molecule has 4 heteroatoms. The van der Waals surface area contributed by atoms with Crippen molar-refractivity contribution < 1.29 is 14.4 Å². The Kier molecular flexibility index (Phi) is 5.36. The van der Waals surface area contributed by atoms with Gasteiger partial charge in [0, 0.05) is 12.2 Å². The number of hydrogen-bond donors (Lipinski definition) is 1. The zero-order valence-electron chi connectivity index (χ0n) is 11.6. The van der Waals surface area contributed by atoms with E-state index in [2.05, 4.69) is 24.3 Å². The molecule has 0 atom stereocenters. The van der Waals surface area contributed by atoms with Crippen molar-refractivity contribution in [1.82, 2.24) is 4.90 Å². The van der Waals surface area contributed by atoms with E-state index in [1.54, 1.807) is 4.90 Å². The Hall–Kier alpha value is -1.39. The van der Waals surface area contributed by atoms with Gasteiger partial charge in [-0.05, 0) is 6.92 Å². The van der Waals surface area contributed by atoms with Crippen molar-refractivity contribution in [3.05, 3.63) is 35.9 Å². The molecule has 1 aromatic rings. The normalized spacial score (nSPS) is 16.6. The van der Waals surface area contributed by atoms with E-state index in [0.29, 0.717) is 6.61 Å². The van der Waals surface area contributed by atoms with Gasteiger partial charge in [0.1, 0.15) is 13.2 Å². The van der Waals surface area contributed by atoms with Crippen LogP contribution in [0.25, 0.3) is 0 Å². The van der Waals surface area contributed by atoms with E-state index in [0.717, 1.165) is 32.7 Å². The van der Waals surface area contributed by atoms with Gasteiger partial charge in [0.25, 0.3) is 0 Å². The minimum Gasteiger partial charge on any atom is -0.372 e. The molecule has 1 fully saturated rings. The van der Waals surface area contributed by atoms with E-state index in [1.807, 2.05) is 17.9 Å². The van der Waals surface area contributed by atoms with Gasteiger partial charge < -0.3 is 14.5 Å². The average molecular weight is 263 g/mol. The van der Waals surface area contributed by atoms with Crippen LogP contribution in [0.1, 0.15) is 12.5 Å². The van der Waals surface area contributed by atoms with Crippen LogP contribution in [-0.2, 0) is 16.1 Å². The highest BCUT2D eigenvalue weighted by Gasteiger charge is 2.23. The zero-order valence-corrected chi connectivity index (χ0v) is 11.6. The summed E-state index contributed by atoms with van der Waals surface area (Å²) in [5, 5.41) is 0. The number of amides is 1. The predicted molar refractivity (Wildman–Crippen MR) is 73.9 cm³/mol. The highest BCUT2D eigenvalue weighted by Crippen LogP contribution is 1.97. The van der Waals surface area contributed by atoms with Crippen LogP contribution in [0.15, 0.2) is 30.3 Å². The molecule has 0 unspecified atom stereocenters. The van der Waals surface area contributed by atoms with Crippen LogP contribution in [0.2, 0.25) is 0 Å². The molecule has 0 aliphatic carbocycles. The fourth-order valence-electron chi connectivity index (χ4n) is 2.41. The van der Waals surface area contributed by atoms with Crippen molar-refractivity contribution in [1.29, 1.82) is 0 Å². The van der Waals surface area contributed by atoms with E-state index >= 15 is 0 Å². The van der Waals surface area contributed by atoms with Crippen LogP contribution in [0.5, 0.6) is 0 Å². The van der Waals surface area contributed by atoms with Gasteiger partial charge in [-0.25, -0.2) is 0 Å². The summed E-state index contributed by atoms with van der Waals surface area (Å²) in [7, 11) is 0. The quantitative estimate of drug-likeness (QED) is 0.808. The first kappa shape index (κ1) is 14.0. The molecule has 1 amide bonds. The van der Waals surface area contributed by atoms with E-state index < -0.39 is 0 Å². The summed E-state index contributed by atoms with van der Waals surface area (Å²) in [5.41, 5.74) is 1.37. The van der Waals surface area contributed by atoms with Crippen LogP contribution in [-0.4, -0.2) is 50.2 Å². The van der Waals surface area contributed by atoms with Crippen molar-refractivity contribution in [2.75, 3.05) is 39.4 Å². The number of ether oxygens (including phenoxy) is 1. The molecular formula is C15H23N2O2+. The molecule has 1 N–H and O–H groups in total. The number of carbonyl (C=O) groups is 1. The molecule has 2 rings (SSSR count). The summed E-state index contributed by atoms with van der Waals surface area (Å²) in [4.78, 5) is 15.3. The predicted octanol–water partition coefficient (Wildman–Crippen LogP) is -0.0498. The maximum absolute atomic E-state index is 11.8. The molecule has 0 aromatic heterocycles. The number of hydrogen-bond acceptors (Lipinski definition) is 2. The molecule has 0 bridgehead atoms. The molecule has 1 heterocycles. The van der Waals surface area contributed by atoms with Crippen LogP contribution in [0, 0.1) is 0 Å². The smallest absolute Gasteiger partial charge is 0.248 e. The van der Waals surface area contributed by atoms with Gasteiger partial charge in [-0.2, -0.15) is 0 Å². The maximum Gasteiger partial charge on any atom is 0.248 e. The fourth-order valence-corrected chi connectivity index (χ4v) is 2.41. The van der Waals surface area contributed by atoms with Crippen molar-refractivity contribution in [2.45, 2.75) is 13.5 Å². The molecule has 0 radical (unpaired) electrons. The molecule has 1 aromatic carbocycles. The number of rotatable bonds is 5. The number of piperazine rings is 1. The number of nitrogens with one attached hydrogen (secondary N) is 1. The first-order chi connectivity index (χ1) is 9.29. The van der Waals surface area contributed by atoms with Gasteiger partial charge in [-0.1, -0.05) is 30.3 Å². The molecule has 0 saturated carbocycles. The monoisotopic (exact) mass is 263 g/mol. The van der Waals surface area contributed by atoms with Gasteiger partial charge >= 0.3 is 0 Å². The van der Waals surface area contributed by atoms with E-state index in [-0.39, 0.29) is 12.5 Å². The summed E-state index contributed by atoms with van der Waals surface area (Å²) >= 11 is 0. The average Bonchev–Trinajstić information content (AvgIpc) is 2.46. The third kappa shape index (κ3) is 4.33. The lowest BCUT2D eigenvalue weighted by molar-refractivity contribution is -0.917. The Morgan fingerprint density at radius 1 is 1.26 bits per heavy atom. The lowest BCUT2D eigenvalue weighted by Crippen LogP contribution is -3.13. The van der Waals surface area contributed by atoms with E-state index in [4.69, 9.17) is 4.74 Å².